The quantitative estimate of drug-likeness (QED) is 0.850. The molecule has 0 amide bonds. The van der Waals surface area contributed by atoms with E-state index in [9.17, 15) is 4.39 Å². The van der Waals surface area contributed by atoms with Gasteiger partial charge in [0.2, 0.25) is 0 Å². The third-order valence-electron chi connectivity index (χ3n) is 2.92. The Morgan fingerprint density at radius 1 is 1.38 bits per heavy atom. The smallest absolute Gasteiger partial charge is 0.142 e. The number of hydrogen-bond acceptors (Lipinski definition) is 2. The van der Waals surface area contributed by atoms with E-state index in [0.717, 1.165) is 31.5 Å². The summed E-state index contributed by atoms with van der Waals surface area (Å²) in [6.45, 7) is 2.83. The lowest BCUT2D eigenvalue weighted by atomic mass is 10.1. The Morgan fingerprint density at radius 3 is 2.81 bits per heavy atom. The van der Waals surface area contributed by atoms with E-state index in [2.05, 4.69) is 10.6 Å². The van der Waals surface area contributed by atoms with E-state index in [1.165, 1.54) is 6.07 Å². The molecule has 1 aromatic rings. The Balaban J connectivity index is 1.86. The van der Waals surface area contributed by atoms with Gasteiger partial charge in [-0.25, -0.2) is 4.39 Å². The van der Waals surface area contributed by atoms with E-state index < -0.39 is 0 Å². The molecule has 0 atom stereocenters. The van der Waals surface area contributed by atoms with Crippen LogP contribution < -0.4 is 10.6 Å². The van der Waals surface area contributed by atoms with Gasteiger partial charge < -0.3 is 10.6 Å². The highest BCUT2D eigenvalue weighted by Gasteiger charge is 2.12. The Bertz CT molecular complexity index is 351. The van der Waals surface area contributed by atoms with Gasteiger partial charge >= 0.3 is 0 Å². The fourth-order valence-corrected chi connectivity index (χ4v) is 2.06. The molecule has 0 aliphatic carbocycles. The van der Waals surface area contributed by atoms with Crippen LogP contribution >= 0.6 is 11.6 Å². The van der Waals surface area contributed by atoms with Crippen LogP contribution in [0.4, 0.5) is 4.39 Å². The van der Waals surface area contributed by atoms with Crippen LogP contribution in [0.1, 0.15) is 18.4 Å². The van der Waals surface area contributed by atoms with Crippen molar-refractivity contribution in [2.75, 3.05) is 13.1 Å². The summed E-state index contributed by atoms with van der Waals surface area (Å²) in [6, 6.07) is 5.51. The number of benzene rings is 1. The largest absolute Gasteiger partial charge is 0.317 e. The van der Waals surface area contributed by atoms with Crippen molar-refractivity contribution < 1.29 is 4.39 Å². The minimum Gasteiger partial charge on any atom is -0.317 e. The molecule has 1 fully saturated rings. The molecule has 0 spiro atoms. The van der Waals surface area contributed by atoms with Gasteiger partial charge in [-0.15, -0.1) is 0 Å². The number of halogens is 2. The molecule has 0 saturated carbocycles. The van der Waals surface area contributed by atoms with Crippen LogP contribution in [0.2, 0.25) is 5.02 Å². The zero-order valence-electron chi connectivity index (χ0n) is 9.10. The third kappa shape index (κ3) is 3.17. The highest BCUT2D eigenvalue weighted by atomic mass is 35.5. The second kappa shape index (κ2) is 5.62. The molecule has 1 heterocycles. The molecule has 1 aromatic carbocycles. The summed E-state index contributed by atoms with van der Waals surface area (Å²) >= 11 is 5.63. The highest BCUT2D eigenvalue weighted by molar-refractivity contribution is 6.30. The lowest BCUT2D eigenvalue weighted by molar-refractivity contribution is 0.386. The molecule has 0 aromatic heterocycles. The van der Waals surface area contributed by atoms with Gasteiger partial charge in [0.05, 0.1) is 5.02 Å². The minimum atomic E-state index is -0.341. The molecule has 2 rings (SSSR count). The Kier molecular flexibility index (Phi) is 4.16. The molecular formula is C12H16ClFN2. The van der Waals surface area contributed by atoms with Crippen molar-refractivity contribution in [3.8, 4) is 0 Å². The first-order valence-electron chi connectivity index (χ1n) is 5.64. The van der Waals surface area contributed by atoms with Crippen molar-refractivity contribution in [1.82, 2.24) is 10.6 Å². The Hall–Kier alpha value is -0.640. The fourth-order valence-electron chi connectivity index (χ4n) is 1.94. The predicted molar refractivity (Wildman–Crippen MR) is 64.1 cm³/mol. The standard InChI is InChI=1S/C12H16ClFN2/c13-11-2-1-9(7-12(11)14)8-16-10-3-5-15-6-4-10/h1-2,7,10,15-16H,3-6,8H2. The molecule has 0 unspecified atom stereocenters. The second-order valence-electron chi connectivity index (χ2n) is 4.15. The molecule has 1 aliphatic rings. The first-order chi connectivity index (χ1) is 7.75. The van der Waals surface area contributed by atoms with Crippen LogP contribution in [0.15, 0.2) is 18.2 Å². The zero-order chi connectivity index (χ0) is 11.4. The average Bonchev–Trinajstić information content (AvgIpc) is 2.32. The number of piperidine rings is 1. The summed E-state index contributed by atoms with van der Waals surface area (Å²) in [5.74, 6) is -0.341. The van der Waals surface area contributed by atoms with E-state index >= 15 is 0 Å². The highest BCUT2D eigenvalue weighted by Crippen LogP contribution is 2.15. The molecule has 0 bridgehead atoms. The van der Waals surface area contributed by atoms with Gasteiger partial charge in [-0.2, -0.15) is 0 Å². The average molecular weight is 243 g/mol. The molecular weight excluding hydrogens is 227 g/mol. The molecule has 88 valence electrons. The summed E-state index contributed by atoms with van der Waals surface area (Å²) < 4.78 is 13.2. The van der Waals surface area contributed by atoms with E-state index in [0.29, 0.717) is 12.6 Å². The van der Waals surface area contributed by atoms with E-state index in [1.54, 1.807) is 6.07 Å². The lowest BCUT2D eigenvalue weighted by Crippen LogP contribution is -2.39. The first-order valence-corrected chi connectivity index (χ1v) is 6.01. The van der Waals surface area contributed by atoms with Gasteiger partial charge in [0, 0.05) is 12.6 Å². The maximum Gasteiger partial charge on any atom is 0.142 e. The Morgan fingerprint density at radius 2 is 2.12 bits per heavy atom. The van der Waals surface area contributed by atoms with E-state index in [1.807, 2.05) is 6.07 Å². The molecule has 1 aliphatic heterocycles. The van der Waals surface area contributed by atoms with Crippen LogP contribution in [-0.2, 0) is 6.54 Å². The van der Waals surface area contributed by atoms with Crippen molar-refractivity contribution in [2.45, 2.75) is 25.4 Å². The van der Waals surface area contributed by atoms with E-state index in [-0.39, 0.29) is 10.8 Å². The summed E-state index contributed by atoms with van der Waals surface area (Å²) in [4.78, 5) is 0. The van der Waals surface area contributed by atoms with Gasteiger partial charge in [0.15, 0.2) is 0 Å². The van der Waals surface area contributed by atoms with Gasteiger partial charge in [0.25, 0.3) is 0 Å². The van der Waals surface area contributed by atoms with Gasteiger partial charge in [-0.3, -0.25) is 0 Å². The molecule has 2 nitrogen and oxygen atoms in total. The minimum absolute atomic E-state index is 0.186. The van der Waals surface area contributed by atoms with Crippen molar-refractivity contribution in [2.24, 2.45) is 0 Å². The van der Waals surface area contributed by atoms with Crippen LogP contribution in [0.5, 0.6) is 0 Å². The SMILES string of the molecule is Fc1cc(CNC2CCNCC2)ccc1Cl. The topological polar surface area (TPSA) is 24.1 Å². The van der Waals surface area contributed by atoms with Crippen LogP contribution in [0.3, 0.4) is 0 Å². The third-order valence-corrected chi connectivity index (χ3v) is 3.22. The number of nitrogens with one attached hydrogen (secondary N) is 2. The van der Waals surface area contributed by atoms with Crippen molar-refractivity contribution in [3.05, 3.63) is 34.6 Å². The van der Waals surface area contributed by atoms with Crippen LogP contribution in [-0.4, -0.2) is 19.1 Å². The maximum absolute atomic E-state index is 13.2. The van der Waals surface area contributed by atoms with Crippen LogP contribution in [0.25, 0.3) is 0 Å². The number of rotatable bonds is 3. The van der Waals surface area contributed by atoms with Crippen LogP contribution in [0, 0.1) is 5.82 Å². The summed E-state index contributed by atoms with van der Waals surface area (Å²) in [6.07, 6.45) is 2.27. The number of hydrogen-bond donors (Lipinski definition) is 2. The predicted octanol–water partition coefficient (Wildman–Crippen LogP) is 2.32. The Labute approximate surface area is 100 Å². The summed E-state index contributed by atoms with van der Waals surface area (Å²) in [5.41, 5.74) is 0.945. The van der Waals surface area contributed by atoms with E-state index in [4.69, 9.17) is 11.6 Å². The normalized spacial score (nSPS) is 17.6. The van der Waals surface area contributed by atoms with Crippen molar-refractivity contribution >= 4 is 11.6 Å². The van der Waals surface area contributed by atoms with Gasteiger partial charge in [-0.05, 0) is 43.6 Å². The summed E-state index contributed by atoms with van der Waals surface area (Å²) in [5, 5.41) is 6.93. The second-order valence-corrected chi connectivity index (χ2v) is 4.56. The lowest BCUT2D eigenvalue weighted by Gasteiger charge is -2.23. The maximum atomic E-state index is 13.2. The fraction of sp³-hybridized carbons (Fsp3) is 0.500. The summed E-state index contributed by atoms with van der Waals surface area (Å²) in [7, 11) is 0. The first kappa shape index (κ1) is 11.8. The van der Waals surface area contributed by atoms with Gasteiger partial charge in [-0.1, -0.05) is 17.7 Å². The molecule has 0 radical (unpaired) electrons. The molecule has 2 N–H and O–H groups in total. The zero-order valence-corrected chi connectivity index (χ0v) is 9.86. The molecule has 4 heteroatoms. The van der Waals surface area contributed by atoms with Crippen molar-refractivity contribution in [3.63, 3.8) is 0 Å². The monoisotopic (exact) mass is 242 g/mol. The van der Waals surface area contributed by atoms with Gasteiger partial charge in [0.1, 0.15) is 5.82 Å². The van der Waals surface area contributed by atoms with Crippen molar-refractivity contribution in [1.29, 1.82) is 0 Å². The molecule has 16 heavy (non-hydrogen) atoms. The molecule has 1 saturated heterocycles.